The molecule has 1 aromatic carbocycles. The van der Waals surface area contributed by atoms with Gasteiger partial charge in [-0.05, 0) is 24.3 Å². The van der Waals surface area contributed by atoms with E-state index < -0.39 is 0 Å². The smallest absolute Gasteiger partial charge is 0.234 e. The number of aromatic amines is 1. The second-order valence-corrected chi connectivity index (χ2v) is 3.82. The molecule has 0 atom stereocenters. The number of hydrogen-bond acceptors (Lipinski definition) is 5. The highest BCUT2D eigenvalue weighted by molar-refractivity contribution is 5.85. The van der Waals surface area contributed by atoms with Crippen molar-refractivity contribution in [1.82, 2.24) is 20.5 Å². The summed E-state index contributed by atoms with van der Waals surface area (Å²) in [6.45, 7) is 0.235. The quantitative estimate of drug-likeness (QED) is 0.744. The van der Waals surface area contributed by atoms with Crippen molar-refractivity contribution in [2.75, 3.05) is 13.7 Å². The molecule has 8 heteroatoms. The van der Waals surface area contributed by atoms with Gasteiger partial charge >= 0.3 is 0 Å². The molecule has 0 fully saturated rings. The summed E-state index contributed by atoms with van der Waals surface area (Å²) in [6.07, 6.45) is 0. The van der Waals surface area contributed by atoms with E-state index in [0.29, 0.717) is 11.6 Å². The van der Waals surface area contributed by atoms with Crippen molar-refractivity contribution >= 4 is 18.3 Å². The number of carbonyl (C=O) groups is 1. The van der Waals surface area contributed by atoms with Crippen LogP contribution in [0.4, 0.5) is 0 Å². The zero-order valence-electron chi connectivity index (χ0n) is 10.9. The molecule has 0 saturated carbocycles. The Morgan fingerprint density at radius 3 is 2.70 bits per heavy atom. The first-order valence-electron chi connectivity index (χ1n) is 5.75. The Labute approximate surface area is 122 Å². The number of nitrogens with one attached hydrogen (secondary N) is 2. The maximum Gasteiger partial charge on any atom is 0.234 e. The highest BCUT2D eigenvalue weighted by Crippen LogP contribution is 2.18. The lowest BCUT2D eigenvalue weighted by Crippen LogP contribution is -2.30. The summed E-state index contributed by atoms with van der Waals surface area (Å²) in [5.74, 6) is 1.68. The summed E-state index contributed by atoms with van der Waals surface area (Å²) in [4.78, 5) is 15.3. The number of aromatic nitrogens is 3. The number of nitrogens with zero attached hydrogens (tertiary/aromatic N) is 2. The molecule has 0 saturated heterocycles. The SMILES string of the molecule is COc1ccc(-c2n[nH]c(CNC(=O)CN)n2)cc1.Cl. The maximum atomic E-state index is 11.0. The molecule has 7 nitrogen and oxygen atoms in total. The van der Waals surface area contributed by atoms with Gasteiger partial charge in [-0.15, -0.1) is 12.4 Å². The lowest BCUT2D eigenvalue weighted by atomic mass is 10.2. The van der Waals surface area contributed by atoms with Crippen LogP contribution in [0.15, 0.2) is 24.3 Å². The standard InChI is InChI=1S/C12H15N5O2.ClH/c1-19-9-4-2-8(3-5-9)12-15-10(16-17-12)7-14-11(18)6-13;/h2-5H,6-7,13H2,1H3,(H,14,18)(H,15,16,17);1H. The minimum Gasteiger partial charge on any atom is -0.497 e. The maximum absolute atomic E-state index is 11.0. The molecule has 0 aliphatic carbocycles. The van der Waals surface area contributed by atoms with Crippen LogP contribution < -0.4 is 15.8 Å². The number of amides is 1. The molecule has 2 rings (SSSR count). The van der Waals surface area contributed by atoms with Crippen LogP contribution in [0.25, 0.3) is 11.4 Å². The third-order valence-corrected chi connectivity index (χ3v) is 2.52. The summed E-state index contributed by atoms with van der Waals surface area (Å²) >= 11 is 0. The molecule has 0 aliphatic rings. The predicted molar refractivity (Wildman–Crippen MR) is 76.5 cm³/mol. The second kappa shape index (κ2) is 7.46. The molecule has 20 heavy (non-hydrogen) atoms. The highest BCUT2D eigenvalue weighted by Gasteiger charge is 2.06. The molecule has 0 radical (unpaired) electrons. The van der Waals surface area contributed by atoms with Gasteiger partial charge in [0.25, 0.3) is 0 Å². The fourth-order valence-electron chi connectivity index (χ4n) is 1.50. The molecule has 0 aliphatic heterocycles. The molecule has 0 unspecified atom stereocenters. The van der Waals surface area contributed by atoms with E-state index in [1.165, 1.54) is 0 Å². The minimum atomic E-state index is -0.234. The van der Waals surface area contributed by atoms with Crippen molar-refractivity contribution in [2.45, 2.75) is 6.54 Å². The minimum absolute atomic E-state index is 0. The van der Waals surface area contributed by atoms with Crippen LogP contribution in [0.3, 0.4) is 0 Å². The van der Waals surface area contributed by atoms with Crippen LogP contribution in [-0.2, 0) is 11.3 Å². The first kappa shape index (κ1) is 15.9. The van der Waals surface area contributed by atoms with Gasteiger partial charge in [-0.1, -0.05) is 0 Å². The van der Waals surface area contributed by atoms with Crippen LogP contribution in [0, 0.1) is 0 Å². The van der Waals surface area contributed by atoms with Crippen LogP contribution in [0.1, 0.15) is 5.82 Å². The van der Waals surface area contributed by atoms with Crippen molar-refractivity contribution in [3.05, 3.63) is 30.1 Å². The van der Waals surface area contributed by atoms with Gasteiger partial charge in [-0.25, -0.2) is 4.98 Å². The Balaban J connectivity index is 0.00000200. The van der Waals surface area contributed by atoms with E-state index >= 15 is 0 Å². The van der Waals surface area contributed by atoms with Gasteiger partial charge in [-0.3, -0.25) is 9.89 Å². The zero-order chi connectivity index (χ0) is 13.7. The van der Waals surface area contributed by atoms with Crippen LogP contribution in [0.2, 0.25) is 0 Å². The average molecular weight is 298 g/mol. The molecule has 0 spiro atoms. The number of ether oxygens (including phenoxy) is 1. The van der Waals surface area contributed by atoms with Gasteiger partial charge in [0.15, 0.2) is 5.82 Å². The average Bonchev–Trinajstić information content (AvgIpc) is 2.93. The third-order valence-electron chi connectivity index (χ3n) is 2.52. The number of H-pyrrole nitrogens is 1. The fourth-order valence-corrected chi connectivity index (χ4v) is 1.50. The van der Waals surface area contributed by atoms with Crippen molar-refractivity contribution in [3.8, 4) is 17.1 Å². The molecule has 1 aromatic heterocycles. The van der Waals surface area contributed by atoms with Crippen LogP contribution >= 0.6 is 12.4 Å². The fraction of sp³-hybridized carbons (Fsp3) is 0.250. The normalized spacial score (nSPS) is 9.70. The molecule has 4 N–H and O–H groups in total. The van der Waals surface area contributed by atoms with E-state index in [9.17, 15) is 4.79 Å². The van der Waals surface area contributed by atoms with E-state index in [-0.39, 0.29) is 31.4 Å². The Bertz CT molecular complexity index is 555. The Kier molecular flexibility index (Phi) is 5.95. The highest BCUT2D eigenvalue weighted by atomic mass is 35.5. The largest absolute Gasteiger partial charge is 0.497 e. The molecule has 0 bridgehead atoms. The number of nitrogens with two attached hydrogens (primary N) is 1. The summed E-state index contributed by atoms with van der Waals surface area (Å²) in [5, 5.41) is 9.46. The molecule has 1 amide bonds. The Morgan fingerprint density at radius 2 is 2.10 bits per heavy atom. The number of methoxy groups -OCH3 is 1. The second-order valence-electron chi connectivity index (χ2n) is 3.82. The zero-order valence-corrected chi connectivity index (χ0v) is 11.7. The van der Waals surface area contributed by atoms with Gasteiger partial charge in [-0.2, -0.15) is 5.10 Å². The molecule has 1 heterocycles. The monoisotopic (exact) mass is 297 g/mol. The van der Waals surface area contributed by atoms with Gasteiger partial charge < -0.3 is 15.8 Å². The summed E-state index contributed by atoms with van der Waals surface area (Å²) in [7, 11) is 1.61. The van der Waals surface area contributed by atoms with Gasteiger partial charge in [0.2, 0.25) is 5.91 Å². The van der Waals surface area contributed by atoms with Gasteiger partial charge in [0.05, 0.1) is 20.2 Å². The number of rotatable bonds is 5. The third kappa shape index (κ3) is 3.94. The number of hydrogen-bond donors (Lipinski definition) is 3. The Hall–Kier alpha value is -2.12. The van der Waals surface area contributed by atoms with E-state index in [4.69, 9.17) is 10.5 Å². The van der Waals surface area contributed by atoms with Gasteiger partial charge in [0.1, 0.15) is 11.6 Å². The molecule has 108 valence electrons. The van der Waals surface area contributed by atoms with Gasteiger partial charge in [0, 0.05) is 5.56 Å². The first-order chi connectivity index (χ1) is 9.22. The summed E-state index contributed by atoms with van der Waals surface area (Å²) < 4.78 is 5.08. The lowest BCUT2D eigenvalue weighted by molar-refractivity contribution is -0.119. The number of carbonyl (C=O) groups excluding carboxylic acids is 1. The topological polar surface area (TPSA) is 106 Å². The van der Waals surface area contributed by atoms with Crippen molar-refractivity contribution < 1.29 is 9.53 Å². The van der Waals surface area contributed by atoms with Crippen LogP contribution in [-0.4, -0.2) is 34.7 Å². The predicted octanol–water partition coefficient (Wildman–Crippen LogP) is 0.477. The summed E-state index contributed by atoms with van der Waals surface area (Å²) in [5.41, 5.74) is 6.06. The van der Waals surface area contributed by atoms with Crippen molar-refractivity contribution in [3.63, 3.8) is 0 Å². The number of benzene rings is 1. The van der Waals surface area contributed by atoms with E-state index in [2.05, 4.69) is 20.5 Å². The molecular weight excluding hydrogens is 282 g/mol. The number of halogens is 1. The molecule has 2 aromatic rings. The van der Waals surface area contributed by atoms with Crippen LogP contribution in [0.5, 0.6) is 5.75 Å². The first-order valence-corrected chi connectivity index (χ1v) is 5.75. The van der Waals surface area contributed by atoms with E-state index in [0.717, 1.165) is 11.3 Å². The Morgan fingerprint density at radius 1 is 1.40 bits per heavy atom. The van der Waals surface area contributed by atoms with E-state index in [1.54, 1.807) is 7.11 Å². The van der Waals surface area contributed by atoms with Crippen molar-refractivity contribution in [1.29, 1.82) is 0 Å². The summed E-state index contributed by atoms with van der Waals surface area (Å²) in [6, 6.07) is 7.40. The van der Waals surface area contributed by atoms with Crippen molar-refractivity contribution in [2.24, 2.45) is 5.73 Å². The van der Waals surface area contributed by atoms with E-state index in [1.807, 2.05) is 24.3 Å². The lowest BCUT2D eigenvalue weighted by Gasteiger charge is -2.00. The molecular formula is C12H16ClN5O2.